The molecule has 0 aliphatic rings. The molecule has 10 nitrogen and oxygen atoms in total. The molecule has 3 amide bonds. The monoisotopic (exact) mass is 515 g/mol. The Morgan fingerprint density at radius 2 is 1.62 bits per heavy atom. The van der Waals surface area contributed by atoms with Crippen LogP contribution in [0.1, 0.15) is 49.1 Å². The van der Waals surface area contributed by atoms with E-state index in [1.54, 1.807) is 33.8 Å². The Balaban J connectivity index is 2.52. The molecule has 2 aromatic carbocycles. The number of aromatic hydroxyl groups is 1. The lowest BCUT2D eigenvalue weighted by Gasteiger charge is -2.34. The first kappa shape index (κ1) is 29.6. The molecule has 0 spiro atoms. The van der Waals surface area contributed by atoms with E-state index in [4.69, 9.17) is 4.74 Å². The fourth-order valence-electron chi connectivity index (χ4n) is 3.83. The molecule has 0 aromatic heterocycles. The first-order valence-electron chi connectivity index (χ1n) is 12.0. The first-order valence-corrected chi connectivity index (χ1v) is 12.0. The topological polar surface area (TPSA) is 148 Å². The summed E-state index contributed by atoms with van der Waals surface area (Å²) in [5.41, 5.74) is 2.21. The third-order valence-electron chi connectivity index (χ3n) is 5.62. The molecule has 0 aliphatic carbocycles. The first-order chi connectivity index (χ1) is 17.3. The number of aliphatic hydroxyl groups is 2. The van der Waals surface area contributed by atoms with Gasteiger partial charge in [0, 0.05) is 12.2 Å². The molecule has 10 heteroatoms. The van der Waals surface area contributed by atoms with E-state index in [9.17, 15) is 29.7 Å². The molecule has 0 saturated carbocycles. The van der Waals surface area contributed by atoms with Crippen LogP contribution in [-0.2, 0) is 14.3 Å². The van der Waals surface area contributed by atoms with Crippen molar-refractivity contribution in [3.8, 4) is 5.75 Å². The second-order valence-electron chi connectivity index (χ2n) is 9.84. The highest BCUT2D eigenvalue weighted by atomic mass is 16.6. The third-order valence-corrected chi connectivity index (χ3v) is 5.62. The number of nitrogens with one attached hydrogen (secondary N) is 2. The van der Waals surface area contributed by atoms with Crippen LogP contribution >= 0.6 is 0 Å². The van der Waals surface area contributed by atoms with E-state index in [0.29, 0.717) is 16.8 Å². The Morgan fingerprint density at radius 3 is 2.14 bits per heavy atom. The number of anilines is 1. The van der Waals surface area contributed by atoms with Crippen LogP contribution in [0.25, 0.3) is 0 Å². The van der Waals surface area contributed by atoms with Gasteiger partial charge in [0.2, 0.25) is 5.91 Å². The van der Waals surface area contributed by atoms with E-state index < -0.39 is 48.8 Å². The van der Waals surface area contributed by atoms with E-state index in [0.717, 1.165) is 16.0 Å². The van der Waals surface area contributed by atoms with Crippen LogP contribution in [0.2, 0.25) is 0 Å². The van der Waals surface area contributed by atoms with Gasteiger partial charge < -0.3 is 35.6 Å². The number of hydrogen-bond acceptors (Lipinski definition) is 7. The molecule has 0 heterocycles. The number of amides is 3. The predicted octanol–water partition coefficient (Wildman–Crippen LogP) is 2.70. The normalized spacial score (nSPS) is 12.9. The van der Waals surface area contributed by atoms with Crippen molar-refractivity contribution in [2.45, 2.75) is 59.2 Å². The molecule has 0 fully saturated rings. The highest BCUT2D eigenvalue weighted by Gasteiger charge is 2.36. The van der Waals surface area contributed by atoms with Crippen molar-refractivity contribution in [1.82, 2.24) is 10.2 Å². The Morgan fingerprint density at radius 1 is 1.00 bits per heavy atom. The van der Waals surface area contributed by atoms with Gasteiger partial charge in [-0.2, -0.15) is 0 Å². The molecule has 37 heavy (non-hydrogen) atoms. The fourth-order valence-corrected chi connectivity index (χ4v) is 3.83. The van der Waals surface area contributed by atoms with Crippen molar-refractivity contribution in [3.63, 3.8) is 0 Å². The largest absolute Gasteiger partial charge is 0.508 e. The Hall–Kier alpha value is -3.63. The van der Waals surface area contributed by atoms with Gasteiger partial charge >= 0.3 is 6.09 Å². The molecule has 2 atom stereocenters. The van der Waals surface area contributed by atoms with Gasteiger partial charge in [0.15, 0.2) is 0 Å². The summed E-state index contributed by atoms with van der Waals surface area (Å²) in [6.07, 6.45) is -0.916. The number of phenols is 1. The molecule has 0 bridgehead atoms. The smallest absolute Gasteiger partial charge is 0.408 e. The molecular weight excluding hydrogens is 478 g/mol. The number of carbonyl (C=O) groups is 3. The Kier molecular flexibility index (Phi) is 10.0. The average molecular weight is 516 g/mol. The van der Waals surface area contributed by atoms with Crippen molar-refractivity contribution in [1.29, 1.82) is 0 Å². The summed E-state index contributed by atoms with van der Waals surface area (Å²) in [4.78, 5) is 40.7. The number of rotatable bonds is 9. The quantitative estimate of drug-likeness (QED) is 0.345. The lowest BCUT2D eigenvalue weighted by Crippen LogP contribution is -2.54. The van der Waals surface area contributed by atoms with E-state index >= 15 is 0 Å². The van der Waals surface area contributed by atoms with Crippen LogP contribution in [0.5, 0.6) is 5.75 Å². The van der Waals surface area contributed by atoms with Gasteiger partial charge in [0.1, 0.15) is 23.4 Å². The SMILES string of the molecule is Cc1cc(C(C(=O)Nc2c(C)cccc2C)N(CCO)C(=O)C(CO)NC(=O)OC(C)(C)C)ccc1O. The summed E-state index contributed by atoms with van der Waals surface area (Å²) < 4.78 is 5.20. The number of aryl methyl sites for hydroxylation is 3. The van der Waals surface area contributed by atoms with Gasteiger partial charge in [-0.25, -0.2) is 4.79 Å². The van der Waals surface area contributed by atoms with Crippen LogP contribution in [-0.4, -0.2) is 69.5 Å². The number of alkyl carbamates (subject to hydrolysis) is 1. The minimum Gasteiger partial charge on any atom is -0.508 e. The molecule has 5 N–H and O–H groups in total. The number of carbonyl (C=O) groups excluding carboxylic acids is 3. The summed E-state index contributed by atoms with van der Waals surface area (Å²) in [6, 6.07) is 7.33. The summed E-state index contributed by atoms with van der Waals surface area (Å²) in [5, 5.41) is 35.0. The number of benzene rings is 2. The number of aliphatic hydroxyl groups excluding tert-OH is 2. The maximum absolute atomic E-state index is 13.7. The van der Waals surface area contributed by atoms with Crippen molar-refractivity contribution in [3.05, 3.63) is 58.7 Å². The second kappa shape index (κ2) is 12.6. The number of ether oxygens (including phenoxy) is 1. The summed E-state index contributed by atoms with van der Waals surface area (Å²) in [7, 11) is 0. The maximum Gasteiger partial charge on any atom is 0.408 e. The molecular formula is C27H37N3O7. The Bertz CT molecular complexity index is 1110. The predicted molar refractivity (Wildman–Crippen MR) is 139 cm³/mol. The van der Waals surface area contributed by atoms with Crippen LogP contribution in [0, 0.1) is 20.8 Å². The van der Waals surface area contributed by atoms with Crippen LogP contribution in [0.3, 0.4) is 0 Å². The van der Waals surface area contributed by atoms with Gasteiger partial charge in [0.25, 0.3) is 5.91 Å². The van der Waals surface area contributed by atoms with Crippen LogP contribution < -0.4 is 10.6 Å². The van der Waals surface area contributed by atoms with Gasteiger partial charge in [-0.3, -0.25) is 9.59 Å². The Labute approximate surface area is 217 Å². The van der Waals surface area contributed by atoms with Crippen molar-refractivity contribution >= 4 is 23.6 Å². The van der Waals surface area contributed by atoms with Gasteiger partial charge in [-0.15, -0.1) is 0 Å². The molecule has 0 aliphatic heterocycles. The fraction of sp³-hybridized carbons (Fsp3) is 0.444. The van der Waals surface area contributed by atoms with Crippen molar-refractivity contribution in [2.24, 2.45) is 0 Å². The van der Waals surface area contributed by atoms with Gasteiger partial charge in [0.05, 0.1) is 13.2 Å². The number of hydrogen-bond donors (Lipinski definition) is 5. The van der Waals surface area contributed by atoms with Crippen LogP contribution in [0.4, 0.5) is 10.5 Å². The van der Waals surface area contributed by atoms with E-state index in [-0.39, 0.29) is 12.3 Å². The minimum absolute atomic E-state index is 0.0116. The van der Waals surface area contributed by atoms with Crippen LogP contribution in [0.15, 0.2) is 36.4 Å². The number of phenolic OH excluding ortho intramolecular Hbond substituents is 1. The molecule has 202 valence electrons. The summed E-state index contributed by atoms with van der Waals surface area (Å²) >= 11 is 0. The van der Waals surface area contributed by atoms with Gasteiger partial charge in [-0.1, -0.05) is 24.3 Å². The minimum atomic E-state index is -1.44. The lowest BCUT2D eigenvalue weighted by molar-refractivity contribution is -0.142. The van der Waals surface area contributed by atoms with E-state index in [2.05, 4.69) is 10.6 Å². The molecule has 2 rings (SSSR count). The molecule has 2 aromatic rings. The average Bonchev–Trinajstić information content (AvgIpc) is 2.80. The number of nitrogens with zero attached hydrogens (tertiary/aromatic N) is 1. The summed E-state index contributed by atoms with van der Waals surface area (Å²) in [6.45, 7) is 8.77. The highest BCUT2D eigenvalue weighted by Crippen LogP contribution is 2.29. The second-order valence-corrected chi connectivity index (χ2v) is 9.84. The van der Waals surface area contributed by atoms with E-state index in [1.807, 2.05) is 32.0 Å². The molecule has 0 saturated heterocycles. The van der Waals surface area contributed by atoms with E-state index in [1.165, 1.54) is 12.1 Å². The summed E-state index contributed by atoms with van der Waals surface area (Å²) in [5.74, 6) is -1.36. The number of para-hydroxylation sites is 1. The zero-order valence-electron chi connectivity index (χ0n) is 22.2. The standard InChI is InChI=1S/C27H37N3O7/c1-16-8-7-9-17(2)22(16)29-24(34)23(19-10-11-21(33)18(3)14-19)30(12-13-31)25(35)20(15-32)28-26(36)37-27(4,5)6/h7-11,14,20,23,31-33H,12-13,15H2,1-6H3,(H,28,36)(H,29,34). The molecule has 2 unspecified atom stereocenters. The third kappa shape index (κ3) is 7.93. The van der Waals surface area contributed by atoms with Crippen molar-refractivity contribution < 1.29 is 34.4 Å². The van der Waals surface area contributed by atoms with Gasteiger partial charge in [-0.05, 0) is 75.9 Å². The molecule has 0 radical (unpaired) electrons. The highest BCUT2D eigenvalue weighted by molar-refractivity contribution is 6.00. The zero-order chi connectivity index (χ0) is 27.9. The van der Waals surface area contributed by atoms with Crippen molar-refractivity contribution in [2.75, 3.05) is 25.1 Å². The zero-order valence-corrected chi connectivity index (χ0v) is 22.2. The lowest BCUT2D eigenvalue weighted by atomic mass is 9.99. The maximum atomic E-state index is 13.7.